The number of benzene rings is 2. The third kappa shape index (κ3) is 4.54. The van der Waals surface area contributed by atoms with Crippen LogP contribution in [0.5, 0.6) is 5.75 Å². The van der Waals surface area contributed by atoms with Gasteiger partial charge in [0.15, 0.2) is 0 Å². The van der Waals surface area contributed by atoms with Gasteiger partial charge < -0.3 is 10.1 Å². The van der Waals surface area contributed by atoms with E-state index in [-0.39, 0.29) is 6.04 Å². The van der Waals surface area contributed by atoms with Crippen LogP contribution in [0.1, 0.15) is 22.9 Å². The van der Waals surface area contributed by atoms with Crippen molar-refractivity contribution in [1.82, 2.24) is 15.2 Å². The van der Waals surface area contributed by atoms with E-state index < -0.39 is 0 Å². The minimum atomic E-state index is 0.177. The van der Waals surface area contributed by atoms with Crippen LogP contribution in [0.3, 0.4) is 0 Å². The Morgan fingerprint density at radius 2 is 1.63 bits per heavy atom. The number of nitrogens with zero attached hydrogens (tertiary/aromatic N) is 2. The van der Waals surface area contributed by atoms with Gasteiger partial charge >= 0.3 is 0 Å². The summed E-state index contributed by atoms with van der Waals surface area (Å²) < 4.78 is 5.94. The Morgan fingerprint density at radius 1 is 0.889 bits per heavy atom. The van der Waals surface area contributed by atoms with Crippen LogP contribution in [0.4, 0.5) is 0 Å². The van der Waals surface area contributed by atoms with E-state index in [0.29, 0.717) is 6.61 Å². The van der Waals surface area contributed by atoms with Crippen molar-refractivity contribution in [3.05, 3.63) is 95.8 Å². The molecular weight excluding hydrogens is 334 g/mol. The van der Waals surface area contributed by atoms with Crippen LogP contribution in [-0.2, 0) is 6.61 Å². The normalized spacial score (nSPS) is 16.0. The molecule has 1 unspecified atom stereocenters. The van der Waals surface area contributed by atoms with Crippen molar-refractivity contribution >= 4 is 0 Å². The first kappa shape index (κ1) is 17.7. The van der Waals surface area contributed by atoms with Gasteiger partial charge in [0.05, 0.1) is 11.7 Å². The topological polar surface area (TPSA) is 37.4 Å². The molecule has 1 aliphatic rings. The number of piperazine rings is 1. The molecule has 1 aliphatic heterocycles. The summed E-state index contributed by atoms with van der Waals surface area (Å²) in [6, 6.07) is 25.0. The minimum Gasteiger partial charge on any atom is -0.489 e. The molecule has 0 saturated carbocycles. The predicted octanol–water partition coefficient (Wildman–Crippen LogP) is 3.66. The molecule has 1 aromatic heterocycles. The van der Waals surface area contributed by atoms with E-state index in [0.717, 1.165) is 37.6 Å². The fraction of sp³-hybridized carbons (Fsp3) is 0.261. The molecule has 138 valence electrons. The van der Waals surface area contributed by atoms with Gasteiger partial charge in [-0.3, -0.25) is 9.88 Å². The van der Waals surface area contributed by atoms with Crippen molar-refractivity contribution in [1.29, 1.82) is 0 Å². The van der Waals surface area contributed by atoms with E-state index in [1.54, 1.807) is 0 Å². The molecule has 2 heterocycles. The molecule has 1 atom stereocenters. The summed E-state index contributed by atoms with van der Waals surface area (Å²) in [6.07, 6.45) is 1.88. The second kappa shape index (κ2) is 8.80. The summed E-state index contributed by atoms with van der Waals surface area (Å²) in [5, 5.41) is 3.43. The van der Waals surface area contributed by atoms with Gasteiger partial charge in [0.2, 0.25) is 0 Å². The molecule has 4 rings (SSSR count). The Kier molecular flexibility index (Phi) is 5.77. The molecule has 0 bridgehead atoms. The minimum absolute atomic E-state index is 0.177. The average Bonchev–Trinajstić information content (AvgIpc) is 2.76. The van der Waals surface area contributed by atoms with E-state index in [2.05, 4.69) is 63.7 Å². The Balaban J connectivity index is 1.51. The maximum absolute atomic E-state index is 5.94. The van der Waals surface area contributed by atoms with Crippen LogP contribution >= 0.6 is 0 Å². The third-order valence-electron chi connectivity index (χ3n) is 4.93. The summed E-state index contributed by atoms with van der Waals surface area (Å²) in [7, 11) is 0. The highest BCUT2D eigenvalue weighted by Gasteiger charge is 2.24. The van der Waals surface area contributed by atoms with Crippen molar-refractivity contribution in [2.24, 2.45) is 0 Å². The Bertz CT molecular complexity index is 815. The lowest BCUT2D eigenvalue weighted by Gasteiger charge is -2.35. The summed E-state index contributed by atoms with van der Waals surface area (Å²) in [4.78, 5) is 7.13. The van der Waals surface area contributed by atoms with Gasteiger partial charge in [-0.2, -0.15) is 0 Å². The summed E-state index contributed by atoms with van der Waals surface area (Å²) in [5.41, 5.74) is 3.52. The van der Waals surface area contributed by atoms with Crippen molar-refractivity contribution in [2.45, 2.75) is 12.6 Å². The van der Waals surface area contributed by atoms with E-state index >= 15 is 0 Å². The van der Waals surface area contributed by atoms with Gasteiger partial charge in [-0.05, 0) is 35.4 Å². The van der Waals surface area contributed by atoms with Gasteiger partial charge in [0.25, 0.3) is 0 Å². The molecule has 0 amide bonds. The highest BCUT2D eigenvalue weighted by Crippen LogP contribution is 2.29. The van der Waals surface area contributed by atoms with E-state index in [9.17, 15) is 0 Å². The van der Waals surface area contributed by atoms with Crippen LogP contribution in [0.25, 0.3) is 0 Å². The zero-order chi connectivity index (χ0) is 18.3. The molecule has 2 aromatic carbocycles. The Hall–Kier alpha value is -2.69. The van der Waals surface area contributed by atoms with Crippen molar-refractivity contribution in [2.75, 3.05) is 26.2 Å². The molecule has 0 spiro atoms. The summed E-state index contributed by atoms with van der Waals surface area (Å²) in [6.45, 7) is 4.66. The maximum Gasteiger partial charge on any atom is 0.119 e. The highest BCUT2D eigenvalue weighted by molar-refractivity contribution is 5.34. The van der Waals surface area contributed by atoms with Gasteiger partial charge in [0, 0.05) is 32.4 Å². The molecule has 0 radical (unpaired) electrons. The van der Waals surface area contributed by atoms with Crippen LogP contribution in [0.2, 0.25) is 0 Å². The number of ether oxygens (including phenoxy) is 1. The second-order valence-corrected chi connectivity index (χ2v) is 6.79. The first-order chi connectivity index (χ1) is 13.4. The number of hydrogen-bond donors (Lipinski definition) is 1. The van der Waals surface area contributed by atoms with Crippen LogP contribution in [-0.4, -0.2) is 36.1 Å². The third-order valence-corrected chi connectivity index (χ3v) is 4.93. The zero-order valence-corrected chi connectivity index (χ0v) is 15.4. The van der Waals surface area contributed by atoms with Crippen LogP contribution < -0.4 is 10.1 Å². The summed E-state index contributed by atoms with van der Waals surface area (Å²) in [5.74, 6) is 0.891. The lowest BCUT2D eigenvalue weighted by atomic mass is 10.0. The fourth-order valence-electron chi connectivity index (χ4n) is 3.53. The van der Waals surface area contributed by atoms with Crippen molar-refractivity contribution in [3.63, 3.8) is 0 Å². The fourth-order valence-corrected chi connectivity index (χ4v) is 3.53. The smallest absolute Gasteiger partial charge is 0.119 e. The lowest BCUT2D eigenvalue weighted by molar-refractivity contribution is 0.195. The Labute approximate surface area is 160 Å². The van der Waals surface area contributed by atoms with Crippen molar-refractivity contribution in [3.8, 4) is 5.75 Å². The molecule has 3 aromatic rings. The van der Waals surface area contributed by atoms with Crippen molar-refractivity contribution < 1.29 is 4.74 Å². The molecule has 4 nitrogen and oxygen atoms in total. The van der Waals surface area contributed by atoms with E-state index in [4.69, 9.17) is 4.74 Å². The average molecular weight is 359 g/mol. The monoisotopic (exact) mass is 359 g/mol. The quantitative estimate of drug-likeness (QED) is 0.729. The van der Waals surface area contributed by atoms with Gasteiger partial charge in [-0.25, -0.2) is 0 Å². The van der Waals surface area contributed by atoms with Gasteiger partial charge in [0.1, 0.15) is 12.4 Å². The molecule has 4 heteroatoms. The van der Waals surface area contributed by atoms with Gasteiger partial charge in [-0.1, -0.05) is 48.5 Å². The molecular formula is C23H25N3O. The first-order valence-corrected chi connectivity index (χ1v) is 9.52. The molecule has 27 heavy (non-hydrogen) atoms. The number of pyridine rings is 1. The molecule has 0 aliphatic carbocycles. The maximum atomic E-state index is 5.94. The molecule has 1 saturated heterocycles. The molecule has 1 fully saturated rings. The number of hydrogen-bond acceptors (Lipinski definition) is 4. The Morgan fingerprint density at radius 3 is 2.33 bits per heavy atom. The highest BCUT2D eigenvalue weighted by atomic mass is 16.5. The first-order valence-electron chi connectivity index (χ1n) is 9.52. The predicted molar refractivity (Wildman–Crippen MR) is 108 cm³/mol. The summed E-state index contributed by atoms with van der Waals surface area (Å²) >= 11 is 0. The van der Waals surface area contributed by atoms with Crippen LogP contribution in [0.15, 0.2) is 79.0 Å². The lowest BCUT2D eigenvalue weighted by Crippen LogP contribution is -2.45. The number of aromatic nitrogens is 1. The number of nitrogens with one attached hydrogen (secondary N) is 1. The zero-order valence-electron chi connectivity index (χ0n) is 15.4. The van der Waals surface area contributed by atoms with E-state index in [1.165, 1.54) is 11.1 Å². The van der Waals surface area contributed by atoms with Crippen LogP contribution in [0, 0.1) is 0 Å². The largest absolute Gasteiger partial charge is 0.489 e. The standard InChI is InChI=1S/C23H25N3O/c1-2-6-19(7-3-1)18-27-21-11-9-20(10-12-21)23(22-8-4-5-13-25-22)26-16-14-24-15-17-26/h1-13,23-24H,14-18H2. The molecule has 1 N–H and O–H groups in total. The SMILES string of the molecule is c1ccc(COc2ccc(C(c3ccccn3)N3CCNCC3)cc2)cc1. The number of rotatable bonds is 6. The van der Waals surface area contributed by atoms with E-state index in [1.807, 2.05) is 30.5 Å². The second-order valence-electron chi connectivity index (χ2n) is 6.79. The van der Waals surface area contributed by atoms with Gasteiger partial charge in [-0.15, -0.1) is 0 Å².